The van der Waals surface area contributed by atoms with Crippen LogP contribution in [0, 0.1) is 17.7 Å². The largest absolute Gasteiger partial charge is 0.380 e. The fourth-order valence-electron chi connectivity index (χ4n) is 4.40. The van der Waals surface area contributed by atoms with Crippen molar-refractivity contribution in [1.29, 1.82) is 0 Å². The number of hydrogen-bond acceptors (Lipinski definition) is 4. The van der Waals surface area contributed by atoms with Crippen molar-refractivity contribution in [1.82, 2.24) is 15.1 Å². The smallest absolute Gasteiger partial charge is 0.247 e. The maximum Gasteiger partial charge on any atom is 0.247 e. The molecule has 0 radical (unpaired) electrons. The van der Waals surface area contributed by atoms with Crippen molar-refractivity contribution in [3.63, 3.8) is 0 Å². The second-order valence-corrected chi connectivity index (χ2v) is 9.17. The van der Waals surface area contributed by atoms with Gasteiger partial charge in [-0.05, 0) is 30.0 Å². The molecule has 3 heterocycles. The normalized spacial score (nSPS) is 31.2. The summed E-state index contributed by atoms with van der Waals surface area (Å²) in [6.45, 7) is 3.65. The molecule has 3 fully saturated rings. The summed E-state index contributed by atoms with van der Waals surface area (Å²) in [6, 6.07) is 3.83. The third-order valence-electron chi connectivity index (χ3n) is 6.00. The van der Waals surface area contributed by atoms with Gasteiger partial charge in [0.15, 0.2) is 0 Å². The summed E-state index contributed by atoms with van der Waals surface area (Å²) in [4.78, 5) is 29.8. The minimum atomic E-state index is -0.619. The number of ether oxygens (including phenoxy) is 1. The van der Waals surface area contributed by atoms with Crippen molar-refractivity contribution in [2.75, 3.05) is 26.3 Å². The van der Waals surface area contributed by atoms with Crippen LogP contribution in [-0.2, 0) is 20.9 Å². The van der Waals surface area contributed by atoms with E-state index >= 15 is 0 Å². The minimum Gasteiger partial charge on any atom is -0.380 e. The van der Waals surface area contributed by atoms with E-state index in [1.165, 1.54) is 12.1 Å². The van der Waals surface area contributed by atoms with Gasteiger partial charge in [-0.1, -0.05) is 24.6 Å². The van der Waals surface area contributed by atoms with Gasteiger partial charge in [0.2, 0.25) is 11.8 Å². The summed E-state index contributed by atoms with van der Waals surface area (Å²) in [5.41, 5.74) is 0.598. The molecule has 3 saturated heterocycles. The van der Waals surface area contributed by atoms with Crippen LogP contribution in [0.25, 0.3) is 0 Å². The van der Waals surface area contributed by atoms with Crippen molar-refractivity contribution in [2.24, 2.45) is 11.8 Å². The van der Waals surface area contributed by atoms with Crippen molar-refractivity contribution in [3.8, 4) is 0 Å². The summed E-state index contributed by atoms with van der Waals surface area (Å²) in [5, 5.41) is 3.37. The number of nitrogens with one attached hydrogen (secondary N) is 1. The number of amides is 2. The zero-order valence-corrected chi connectivity index (χ0v) is 17.6. The van der Waals surface area contributed by atoms with Crippen molar-refractivity contribution < 1.29 is 18.7 Å². The number of piperazine rings is 1. The quantitative estimate of drug-likeness (QED) is 0.724. The lowest BCUT2D eigenvalue weighted by Crippen LogP contribution is -2.69. The van der Waals surface area contributed by atoms with Gasteiger partial charge in [-0.15, -0.1) is 11.6 Å². The average molecular weight is 444 g/mol. The van der Waals surface area contributed by atoms with Gasteiger partial charge in [-0.3, -0.25) is 14.9 Å². The van der Waals surface area contributed by atoms with E-state index in [1.807, 2.05) is 6.92 Å². The lowest BCUT2D eigenvalue weighted by molar-refractivity contribution is -0.172. The van der Waals surface area contributed by atoms with Crippen LogP contribution in [0.1, 0.15) is 18.9 Å². The summed E-state index contributed by atoms with van der Waals surface area (Å²) < 4.78 is 19.2. The molecule has 3 aliphatic heterocycles. The maximum atomic E-state index is 13.9. The predicted octanol–water partition coefficient (Wildman–Crippen LogP) is 2.23. The van der Waals surface area contributed by atoms with E-state index in [0.29, 0.717) is 25.3 Å². The fourth-order valence-corrected chi connectivity index (χ4v) is 4.89. The Labute approximate surface area is 179 Å². The zero-order chi connectivity index (χ0) is 20.7. The molecule has 0 aliphatic carbocycles. The van der Waals surface area contributed by atoms with Crippen molar-refractivity contribution in [2.45, 2.75) is 37.5 Å². The Morgan fingerprint density at radius 2 is 2.07 bits per heavy atom. The number of nitrogens with zero attached hydrogens (tertiary/aromatic N) is 2. The van der Waals surface area contributed by atoms with Gasteiger partial charge < -0.3 is 14.5 Å². The topological polar surface area (TPSA) is 61.9 Å². The van der Waals surface area contributed by atoms with Crippen molar-refractivity contribution >= 4 is 35.0 Å². The second-order valence-electron chi connectivity index (χ2n) is 8.14. The van der Waals surface area contributed by atoms with Gasteiger partial charge in [0.1, 0.15) is 18.4 Å². The van der Waals surface area contributed by atoms with E-state index in [2.05, 4.69) is 5.32 Å². The number of alkyl halides is 1. The summed E-state index contributed by atoms with van der Waals surface area (Å²) in [5.74, 6) is -0.714. The highest BCUT2D eigenvalue weighted by Gasteiger charge is 2.49. The monoisotopic (exact) mass is 443 g/mol. The van der Waals surface area contributed by atoms with Crippen LogP contribution >= 0.6 is 23.2 Å². The van der Waals surface area contributed by atoms with Gasteiger partial charge in [-0.25, -0.2) is 4.39 Å². The van der Waals surface area contributed by atoms with E-state index in [0.717, 1.165) is 6.42 Å². The Balaban J connectivity index is 1.58. The Bertz CT molecular complexity index is 807. The first-order valence-corrected chi connectivity index (χ1v) is 10.7. The number of rotatable bonds is 4. The highest BCUT2D eigenvalue weighted by atomic mass is 35.5. The number of carbonyl (C=O) groups is 2. The number of carbonyl (C=O) groups excluding carboxylic acids is 2. The van der Waals surface area contributed by atoms with Crippen LogP contribution in [-0.4, -0.2) is 65.5 Å². The van der Waals surface area contributed by atoms with E-state index in [1.54, 1.807) is 15.9 Å². The number of piperidine rings is 1. The minimum absolute atomic E-state index is 0.00601. The Kier molecular flexibility index (Phi) is 6.02. The molecule has 0 saturated carbocycles. The third-order valence-corrected chi connectivity index (χ3v) is 6.63. The van der Waals surface area contributed by atoms with Gasteiger partial charge in [0, 0.05) is 24.4 Å². The first-order valence-electron chi connectivity index (χ1n) is 9.84. The molecule has 4 rings (SSSR count). The average Bonchev–Trinajstić information content (AvgIpc) is 2.62. The van der Waals surface area contributed by atoms with Gasteiger partial charge in [-0.2, -0.15) is 0 Å². The third kappa shape index (κ3) is 4.10. The standard InChI is InChI=1S/C20H24Cl2FN3O3/c1-11-4-14(21)6-24-19(11)26-8-17(27)25(18(20(26)28)13-9-29-10-13)7-12-2-3-15(22)16(23)5-12/h2-3,5,11,13-14,18-19,24H,4,6-10H2,1H3/t11?,14?,18-,19?/m0/s1. The van der Waals surface area contributed by atoms with E-state index < -0.39 is 11.9 Å². The number of benzene rings is 1. The maximum absolute atomic E-state index is 13.9. The van der Waals surface area contributed by atoms with Gasteiger partial charge in [0.25, 0.3) is 0 Å². The van der Waals surface area contributed by atoms with Crippen molar-refractivity contribution in [3.05, 3.63) is 34.6 Å². The molecule has 4 atom stereocenters. The first kappa shape index (κ1) is 20.8. The van der Waals surface area contributed by atoms with E-state index in [-0.39, 0.29) is 53.3 Å². The molecule has 1 aromatic carbocycles. The molecule has 3 aliphatic rings. The highest BCUT2D eigenvalue weighted by molar-refractivity contribution is 6.30. The molecule has 3 unspecified atom stereocenters. The number of halogens is 3. The van der Waals surface area contributed by atoms with E-state index in [9.17, 15) is 14.0 Å². The van der Waals surface area contributed by atoms with Crippen LogP contribution in [0.2, 0.25) is 5.02 Å². The molecule has 2 amide bonds. The second kappa shape index (κ2) is 8.38. The molecule has 9 heteroatoms. The fraction of sp³-hybridized carbons (Fsp3) is 0.600. The SMILES string of the molecule is CC1CC(Cl)CNC1N1CC(=O)N(Cc2ccc(Cl)c(F)c2)[C@@H](C2COC2)C1=O. The molecular weight excluding hydrogens is 420 g/mol. The van der Waals surface area contributed by atoms with E-state index in [4.69, 9.17) is 27.9 Å². The van der Waals surface area contributed by atoms with Crippen LogP contribution in [0.5, 0.6) is 0 Å². The van der Waals surface area contributed by atoms with Gasteiger partial charge >= 0.3 is 0 Å². The Hall–Kier alpha value is -1.41. The molecule has 0 bridgehead atoms. The molecule has 158 valence electrons. The highest BCUT2D eigenvalue weighted by Crippen LogP contribution is 2.31. The Morgan fingerprint density at radius 1 is 1.31 bits per heavy atom. The van der Waals surface area contributed by atoms with Gasteiger partial charge in [0.05, 0.1) is 24.4 Å². The summed E-state index contributed by atoms with van der Waals surface area (Å²) >= 11 is 12.0. The lowest BCUT2D eigenvalue weighted by atomic mass is 9.90. The molecule has 1 aromatic rings. The molecule has 29 heavy (non-hydrogen) atoms. The zero-order valence-electron chi connectivity index (χ0n) is 16.1. The summed E-state index contributed by atoms with van der Waals surface area (Å²) in [7, 11) is 0. The predicted molar refractivity (Wildman–Crippen MR) is 107 cm³/mol. The van der Waals surface area contributed by atoms with Crippen LogP contribution in [0.15, 0.2) is 18.2 Å². The molecule has 0 spiro atoms. The lowest BCUT2D eigenvalue weighted by Gasteiger charge is -2.49. The molecule has 0 aromatic heterocycles. The van der Waals surface area contributed by atoms with Crippen LogP contribution in [0.3, 0.4) is 0 Å². The summed E-state index contributed by atoms with van der Waals surface area (Å²) in [6.07, 6.45) is 0.558. The Morgan fingerprint density at radius 3 is 2.69 bits per heavy atom. The van der Waals surface area contributed by atoms with Crippen LogP contribution in [0.4, 0.5) is 4.39 Å². The molecular formula is C20H24Cl2FN3O3. The molecule has 1 N–H and O–H groups in total. The van der Waals surface area contributed by atoms with Crippen LogP contribution < -0.4 is 5.32 Å². The molecule has 6 nitrogen and oxygen atoms in total. The number of hydrogen-bond donors (Lipinski definition) is 1. The first-order chi connectivity index (χ1) is 13.8.